The van der Waals surface area contributed by atoms with Gasteiger partial charge < -0.3 is 9.88 Å². The Bertz CT molecular complexity index is 1060. The van der Waals surface area contributed by atoms with Gasteiger partial charge in [0.05, 0.1) is 6.54 Å². The number of benzene rings is 2. The van der Waals surface area contributed by atoms with Crippen LogP contribution in [0.5, 0.6) is 0 Å². The molecule has 8 heteroatoms. The van der Waals surface area contributed by atoms with Crippen molar-refractivity contribution in [1.82, 2.24) is 9.55 Å². The summed E-state index contributed by atoms with van der Waals surface area (Å²) in [5, 5.41) is 2.87. The first-order valence-electron chi connectivity index (χ1n) is 7.78. The molecule has 0 unspecified atom stereocenters. The molecule has 1 N–H and O–H groups in total. The molecule has 0 saturated heterocycles. The van der Waals surface area contributed by atoms with E-state index in [9.17, 15) is 22.4 Å². The average Bonchev–Trinajstić information content (AvgIpc) is 2.64. The summed E-state index contributed by atoms with van der Waals surface area (Å²) in [7, 11) is 0. The number of hydrogen-bond donors (Lipinski definition) is 1. The predicted octanol–water partition coefficient (Wildman–Crippen LogP) is 4.23. The van der Waals surface area contributed by atoms with Gasteiger partial charge in [-0.15, -0.1) is 0 Å². The highest BCUT2D eigenvalue weighted by Crippen LogP contribution is 2.21. The van der Waals surface area contributed by atoms with E-state index in [2.05, 4.69) is 16.9 Å². The Morgan fingerprint density at radius 1 is 1.07 bits per heavy atom. The third-order valence-electron chi connectivity index (χ3n) is 3.78. The minimum Gasteiger partial charge on any atom is -0.325 e. The highest BCUT2D eigenvalue weighted by Gasteiger charge is 2.14. The Morgan fingerprint density at radius 3 is 2.41 bits per heavy atom. The molecular formula is C19H13F4N3O. The van der Waals surface area contributed by atoms with Crippen molar-refractivity contribution in [3.05, 3.63) is 93.9 Å². The van der Waals surface area contributed by atoms with Crippen molar-refractivity contribution in [2.45, 2.75) is 6.54 Å². The monoisotopic (exact) mass is 375 g/mol. The van der Waals surface area contributed by atoms with Crippen LogP contribution in [0.15, 0.2) is 54.0 Å². The molecule has 0 spiro atoms. The number of halogens is 4. The van der Waals surface area contributed by atoms with Crippen molar-refractivity contribution in [3.8, 4) is 0 Å². The zero-order chi connectivity index (χ0) is 19.6. The highest BCUT2D eigenvalue weighted by atomic mass is 19.2. The van der Waals surface area contributed by atoms with Gasteiger partial charge in [0.2, 0.25) is 11.8 Å². The molecular weight excluding hydrogens is 362 g/mol. The van der Waals surface area contributed by atoms with Gasteiger partial charge in [-0.25, -0.2) is 13.2 Å². The molecule has 27 heavy (non-hydrogen) atoms. The Labute approximate surface area is 151 Å². The van der Waals surface area contributed by atoms with Gasteiger partial charge in [-0.3, -0.25) is 4.79 Å². The number of para-hydroxylation sites is 1. The van der Waals surface area contributed by atoms with E-state index in [1.807, 2.05) is 0 Å². The second-order valence-corrected chi connectivity index (χ2v) is 5.64. The van der Waals surface area contributed by atoms with Gasteiger partial charge in [0.1, 0.15) is 0 Å². The minimum atomic E-state index is -1.60. The average molecular weight is 375 g/mol. The molecule has 0 atom stereocenters. The van der Waals surface area contributed by atoms with Crippen molar-refractivity contribution in [2.75, 3.05) is 5.32 Å². The van der Waals surface area contributed by atoms with Crippen molar-refractivity contribution < 1.29 is 17.6 Å². The van der Waals surface area contributed by atoms with Crippen LogP contribution in [0.2, 0.25) is 0 Å². The van der Waals surface area contributed by atoms with Crippen molar-refractivity contribution in [3.63, 3.8) is 0 Å². The lowest BCUT2D eigenvalue weighted by molar-refractivity contribution is 0.444. The number of aromatic nitrogens is 2. The van der Waals surface area contributed by atoms with E-state index in [-0.39, 0.29) is 18.1 Å². The number of anilines is 2. The molecule has 4 nitrogen and oxygen atoms in total. The van der Waals surface area contributed by atoms with E-state index in [1.54, 1.807) is 30.3 Å². The molecule has 0 aliphatic heterocycles. The van der Waals surface area contributed by atoms with Gasteiger partial charge in [-0.2, -0.15) is 9.37 Å². The second kappa shape index (κ2) is 7.45. The summed E-state index contributed by atoms with van der Waals surface area (Å²) in [4.78, 5) is 15.2. The Kier molecular flexibility index (Phi) is 5.07. The molecule has 1 aromatic heterocycles. The fraction of sp³-hybridized carbons (Fsp3) is 0.0526. The first-order valence-corrected chi connectivity index (χ1v) is 7.78. The molecule has 3 aromatic rings. The molecule has 3 rings (SSSR count). The summed E-state index contributed by atoms with van der Waals surface area (Å²) in [6.07, 6.45) is 2.42. The maximum absolute atomic E-state index is 13.7. The molecule has 0 radical (unpaired) electrons. The zero-order valence-corrected chi connectivity index (χ0v) is 13.8. The summed E-state index contributed by atoms with van der Waals surface area (Å²) in [6, 6.07) is 8.52. The Hall–Kier alpha value is -3.42. The first-order chi connectivity index (χ1) is 12.9. The number of nitrogens with zero attached hydrogens (tertiary/aromatic N) is 2. The van der Waals surface area contributed by atoms with Crippen LogP contribution in [0.25, 0.3) is 6.08 Å². The lowest BCUT2D eigenvalue weighted by atomic mass is 10.2. The van der Waals surface area contributed by atoms with Crippen LogP contribution in [0.4, 0.5) is 29.2 Å². The fourth-order valence-corrected chi connectivity index (χ4v) is 2.49. The van der Waals surface area contributed by atoms with Crippen molar-refractivity contribution >= 4 is 17.7 Å². The third kappa shape index (κ3) is 3.89. The lowest BCUT2D eigenvalue weighted by Crippen LogP contribution is -2.20. The molecule has 0 aliphatic carbocycles. The predicted molar refractivity (Wildman–Crippen MR) is 93.7 cm³/mol. The normalized spacial score (nSPS) is 10.7. The van der Waals surface area contributed by atoms with Crippen LogP contribution in [0, 0.1) is 23.3 Å². The molecule has 0 amide bonds. The topological polar surface area (TPSA) is 46.9 Å². The maximum Gasteiger partial charge on any atom is 0.310 e. The molecule has 0 fully saturated rings. The summed E-state index contributed by atoms with van der Waals surface area (Å²) in [5.41, 5.74) is 0.162. The van der Waals surface area contributed by atoms with E-state index in [0.29, 0.717) is 11.3 Å². The number of rotatable bonds is 5. The van der Waals surface area contributed by atoms with E-state index < -0.39 is 28.8 Å². The van der Waals surface area contributed by atoms with Crippen LogP contribution >= 0.6 is 0 Å². The van der Waals surface area contributed by atoms with E-state index >= 15 is 0 Å². The van der Waals surface area contributed by atoms with Crippen LogP contribution in [0.1, 0.15) is 11.1 Å². The molecule has 0 aliphatic rings. The van der Waals surface area contributed by atoms with E-state index in [1.165, 1.54) is 0 Å². The minimum absolute atomic E-state index is 0.0244. The maximum atomic E-state index is 13.7. The molecule has 0 bridgehead atoms. The quantitative estimate of drug-likeness (QED) is 0.536. The standard InChI is InChI=1S/C19H13F4N3O/c1-2-12-5-3-4-6-16(12)24-19-25-18(27)15(22)10-26(19)9-11-7-13(20)17(23)14(21)8-11/h2-8,10H,1,9H2,(H,24,25,27). The first kappa shape index (κ1) is 18.4. The summed E-state index contributed by atoms with van der Waals surface area (Å²) >= 11 is 0. The van der Waals surface area contributed by atoms with Crippen molar-refractivity contribution in [1.29, 1.82) is 0 Å². The summed E-state index contributed by atoms with van der Waals surface area (Å²) < 4.78 is 54.9. The van der Waals surface area contributed by atoms with Crippen molar-refractivity contribution in [2.24, 2.45) is 0 Å². The second-order valence-electron chi connectivity index (χ2n) is 5.64. The van der Waals surface area contributed by atoms with Gasteiger partial charge in [0.25, 0.3) is 0 Å². The number of nitrogens with one attached hydrogen (secondary N) is 1. The van der Waals surface area contributed by atoms with Gasteiger partial charge in [-0.05, 0) is 29.3 Å². The largest absolute Gasteiger partial charge is 0.325 e. The van der Waals surface area contributed by atoms with E-state index in [0.717, 1.165) is 22.9 Å². The van der Waals surface area contributed by atoms with E-state index in [4.69, 9.17) is 0 Å². The Balaban J connectivity index is 2.04. The molecule has 0 saturated carbocycles. The van der Waals surface area contributed by atoms with Gasteiger partial charge in [-0.1, -0.05) is 30.9 Å². The van der Waals surface area contributed by atoms with Gasteiger partial charge in [0, 0.05) is 11.9 Å². The fourth-order valence-electron chi connectivity index (χ4n) is 2.49. The molecule has 1 heterocycles. The summed E-state index contributed by atoms with van der Waals surface area (Å²) in [6.45, 7) is 3.42. The van der Waals surface area contributed by atoms with Crippen LogP contribution in [0.3, 0.4) is 0 Å². The lowest BCUT2D eigenvalue weighted by Gasteiger charge is -2.15. The van der Waals surface area contributed by atoms with Crippen LogP contribution < -0.4 is 10.9 Å². The van der Waals surface area contributed by atoms with Gasteiger partial charge in [0.15, 0.2) is 17.5 Å². The third-order valence-corrected chi connectivity index (χ3v) is 3.78. The Morgan fingerprint density at radius 2 is 1.74 bits per heavy atom. The smallest absolute Gasteiger partial charge is 0.310 e. The van der Waals surface area contributed by atoms with Crippen LogP contribution in [-0.4, -0.2) is 9.55 Å². The van der Waals surface area contributed by atoms with Gasteiger partial charge >= 0.3 is 5.56 Å². The highest BCUT2D eigenvalue weighted by molar-refractivity contribution is 5.69. The summed E-state index contributed by atoms with van der Waals surface area (Å²) in [5.74, 6) is -5.53. The SMILES string of the molecule is C=Cc1ccccc1Nc1nc(=O)c(F)cn1Cc1cc(F)c(F)c(F)c1. The molecule has 2 aromatic carbocycles. The zero-order valence-electron chi connectivity index (χ0n) is 13.8. The molecule has 138 valence electrons. The number of hydrogen-bond acceptors (Lipinski definition) is 3. The van der Waals surface area contributed by atoms with Crippen LogP contribution in [-0.2, 0) is 6.54 Å².